The Labute approximate surface area is 175 Å². The maximum atomic E-state index is 13.5. The Kier molecular flexibility index (Phi) is 4.10. The maximum absolute atomic E-state index is 13.5. The summed E-state index contributed by atoms with van der Waals surface area (Å²) >= 11 is 3.39. The predicted molar refractivity (Wildman–Crippen MR) is 109 cm³/mol. The Morgan fingerprint density at radius 2 is 1.79 bits per heavy atom. The summed E-state index contributed by atoms with van der Waals surface area (Å²) in [4.78, 5) is 42.7. The van der Waals surface area contributed by atoms with Crippen LogP contribution in [0.2, 0.25) is 0 Å². The number of rotatable bonds is 2. The van der Waals surface area contributed by atoms with Crippen molar-refractivity contribution in [1.29, 1.82) is 0 Å². The number of amides is 2. The Morgan fingerprint density at radius 3 is 2.55 bits per heavy atom. The molecule has 0 N–H and O–H groups in total. The van der Waals surface area contributed by atoms with Gasteiger partial charge in [0.05, 0.1) is 30.7 Å². The summed E-state index contributed by atoms with van der Waals surface area (Å²) in [5, 5.41) is 0. The molecule has 2 aromatic carbocycles. The number of halogens is 1. The van der Waals surface area contributed by atoms with E-state index in [-0.39, 0.29) is 17.9 Å². The minimum absolute atomic E-state index is 0.287. The van der Waals surface area contributed by atoms with Crippen molar-refractivity contribution >= 4 is 45.5 Å². The van der Waals surface area contributed by atoms with Gasteiger partial charge in [0.2, 0.25) is 11.8 Å². The Morgan fingerprint density at radius 1 is 1.03 bits per heavy atom. The minimum atomic E-state index is -0.840. The van der Waals surface area contributed by atoms with Gasteiger partial charge >= 0.3 is 5.97 Å². The number of fused-ring (bicyclic) bond motifs is 5. The van der Waals surface area contributed by atoms with Crippen molar-refractivity contribution in [3.8, 4) is 0 Å². The summed E-state index contributed by atoms with van der Waals surface area (Å²) in [5.74, 6) is -2.62. The van der Waals surface area contributed by atoms with Gasteiger partial charge in [-0.15, -0.1) is 0 Å². The summed E-state index contributed by atoms with van der Waals surface area (Å²) in [6, 6.07) is 13.6. The largest absolute Gasteiger partial charge is 0.467 e. The van der Waals surface area contributed by atoms with E-state index in [4.69, 9.17) is 4.74 Å². The van der Waals surface area contributed by atoms with Crippen molar-refractivity contribution in [2.45, 2.75) is 12.1 Å². The molecule has 146 valence electrons. The molecular weight excluding hydrogens is 436 g/mol. The van der Waals surface area contributed by atoms with Crippen LogP contribution in [-0.2, 0) is 19.1 Å². The number of carbonyl (C=O) groups excluding carboxylic acids is 3. The van der Waals surface area contributed by atoms with Gasteiger partial charge < -0.3 is 9.64 Å². The minimum Gasteiger partial charge on any atom is -0.467 e. The molecule has 3 aliphatic rings. The highest BCUT2D eigenvalue weighted by Crippen LogP contribution is 2.53. The summed E-state index contributed by atoms with van der Waals surface area (Å²) in [7, 11) is 1.31. The van der Waals surface area contributed by atoms with Gasteiger partial charge in [0.15, 0.2) is 0 Å². The second-order valence-corrected chi connectivity index (χ2v) is 8.26. The number of imide groups is 1. The standard InChI is InChI=1S/C22H17BrN2O4/c1-29-22(28)19-17-16(18-15-8-3-2-5-12(15)9-10-24(18)19)20(26)25(21(17)27)14-7-4-6-13(23)11-14/h2-11,16-19H,1H3/t16-,17-,18+,19-/m0/s1. The third kappa shape index (κ3) is 2.50. The van der Waals surface area contributed by atoms with Gasteiger partial charge in [-0.05, 0) is 35.4 Å². The van der Waals surface area contributed by atoms with Crippen LogP contribution in [0.3, 0.4) is 0 Å². The lowest BCUT2D eigenvalue weighted by atomic mass is 9.84. The molecule has 2 amide bonds. The molecule has 2 aromatic rings. The van der Waals surface area contributed by atoms with Crippen LogP contribution >= 0.6 is 15.9 Å². The van der Waals surface area contributed by atoms with E-state index < -0.39 is 23.8 Å². The average Bonchev–Trinajstić information content (AvgIpc) is 3.20. The average molecular weight is 453 g/mol. The first-order valence-corrected chi connectivity index (χ1v) is 10.1. The number of benzene rings is 2. The molecule has 0 radical (unpaired) electrons. The number of ether oxygens (including phenoxy) is 1. The van der Waals surface area contributed by atoms with Crippen LogP contribution in [-0.4, -0.2) is 35.8 Å². The highest BCUT2D eigenvalue weighted by atomic mass is 79.9. The fraction of sp³-hybridized carbons (Fsp3) is 0.227. The Hall–Kier alpha value is -2.93. The number of hydrogen-bond acceptors (Lipinski definition) is 5. The summed E-state index contributed by atoms with van der Waals surface area (Å²) in [6.45, 7) is 0. The van der Waals surface area contributed by atoms with Crippen LogP contribution in [0.25, 0.3) is 6.08 Å². The molecule has 0 saturated carbocycles. The van der Waals surface area contributed by atoms with Crippen LogP contribution in [0.15, 0.2) is 59.2 Å². The first kappa shape index (κ1) is 18.1. The second kappa shape index (κ2) is 6.56. The number of esters is 1. The molecule has 3 heterocycles. The summed E-state index contributed by atoms with van der Waals surface area (Å²) in [6.07, 6.45) is 3.71. The highest BCUT2D eigenvalue weighted by Gasteiger charge is 2.65. The molecule has 0 bridgehead atoms. The van der Waals surface area contributed by atoms with Crippen molar-refractivity contribution in [3.05, 3.63) is 70.3 Å². The SMILES string of the molecule is COC(=O)[C@@H]1[C@H]2C(=O)N(c3cccc(Br)c3)C(=O)[C@@H]2[C@H]2c3ccccc3C=CN12. The topological polar surface area (TPSA) is 66.9 Å². The van der Waals surface area contributed by atoms with Crippen LogP contribution in [0.4, 0.5) is 5.69 Å². The molecule has 5 rings (SSSR count). The van der Waals surface area contributed by atoms with E-state index in [0.29, 0.717) is 5.69 Å². The van der Waals surface area contributed by atoms with E-state index in [1.54, 1.807) is 24.4 Å². The zero-order chi connectivity index (χ0) is 20.3. The number of anilines is 1. The zero-order valence-electron chi connectivity index (χ0n) is 15.5. The first-order valence-electron chi connectivity index (χ1n) is 9.28. The van der Waals surface area contributed by atoms with Gasteiger partial charge in [0, 0.05) is 10.7 Å². The lowest BCUT2D eigenvalue weighted by molar-refractivity contribution is -0.148. The van der Waals surface area contributed by atoms with Crippen molar-refractivity contribution in [2.24, 2.45) is 11.8 Å². The van der Waals surface area contributed by atoms with Crippen molar-refractivity contribution in [1.82, 2.24) is 4.90 Å². The maximum Gasteiger partial charge on any atom is 0.329 e. The quantitative estimate of drug-likeness (QED) is 0.517. The molecule has 0 aromatic heterocycles. The second-order valence-electron chi connectivity index (χ2n) is 7.35. The van der Waals surface area contributed by atoms with Gasteiger partial charge in [0.25, 0.3) is 0 Å². The smallest absolute Gasteiger partial charge is 0.329 e. The van der Waals surface area contributed by atoms with Gasteiger partial charge in [-0.2, -0.15) is 0 Å². The van der Waals surface area contributed by atoms with Gasteiger partial charge in [-0.1, -0.05) is 46.3 Å². The fourth-order valence-corrected chi connectivity index (χ4v) is 5.20. The van der Waals surface area contributed by atoms with Crippen molar-refractivity contribution in [3.63, 3.8) is 0 Å². The Bertz CT molecular complexity index is 1080. The number of carbonyl (C=O) groups is 3. The third-order valence-electron chi connectivity index (χ3n) is 5.97. The van der Waals surface area contributed by atoms with E-state index in [2.05, 4.69) is 15.9 Å². The van der Waals surface area contributed by atoms with Crippen LogP contribution < -0.4 is 4.90 Å². The highest BCUT2D eigenvalue weighted by molar-refractivity contribution is 9.10. The third-order valence-corrected chi connectivity index (χ3v) is 6.46. The van der Waals surface area contributed by atoms with Crippen LogP contribution in [0.1, 0.15) is 17.2 Å². The fourth-order valence-electron chi connectivity index (χ4n) is 4.82. The molecule has 2 fully saturated rings. The molecular formula is C22H17BrN2O4. The lowest BCUT2D eigenvalue weighted by Gasteiger charge is -2.34. The zero-order valence-corrected chi connectivity index (χ0v) is 17.1. The first-order chi connectivity index (χ1) is 14.0. The molecule has 0 aliphatic carbocycles. The molecule has 6 nitrogen and oxygen atoms in total. The van der Waals surface area contributed by atoms with E-state index >= 15 is 0 Å². The van der Waals surface area contributed by atoms with Crippen molar-refractivity contribution in [2.75, 3.05) is 12.0 Å². The van der Waals surface area contributed by atoms with Crippen LogP contribution in [0, 0.1) is 11.8 Å². The monoisotopic (exact) mass is 452 g/mol. The predicted octanol–water partition coefficient (Wildman–Crippen LogP) is 3.14. The molecule has 0 spiro atoms. The summed E-state index contributed by atoms with van der Waals surface area (Å²) < 4.78 is 5.79. The molecule has 0 unspecified atom stereocenters. The summed E-state index contributed by atoms with van der Waals surface area (Å²) in [5.41, 5.74) is 2.42. The molecule has 7 heteroatoms. The number of nitrogens with zero attached hydrogens (tertiary/aromatic N) is 2. The van der Waals surface area contributed by atoms with E-state index in [1.165, 1.54) is 12.0 Å². The van der Waals surface area contributed by atoms with Gasteiger partial charge in [0.1, 0.15) is 6.04 Å². The molecule has 4 atom stereocenters. The molecule has 29 heavy (non-hydrogen) atoms. The number of methoxy groups -OCH3 is 1. The van der Waals surface area contributed by atoms with Gasteiger partial charge in [-0.3, -0.25) is 9.59 Å². The Balaban J connectivity index is 1.66. The van der Waals surface area contributed by atoms with Crippen molar-refractivity contribution < 1.29 is 19.1 Å². The van der Waals surface area contributed by atoms with Gasteiger partial charge in [-0.25, -0.2) is 9.69 Å². The van der Waals surface area contributed by atoms with E-state index in [1.807, 2.05) is 41.3 Å². The lowest BCUT2D eigenvalue weighted by Crippen LogP contribution is -2.44. The van der Waals surface area contributed by atoms with E-state index in [9.17, 15) is 14.4 Å². The molecule has 3 aliphatic heterocycles. The van der Waals surface area contributed by atoms with Crippen LogP contribution in [0.5, 0.6) is 0 Å². The normalized spacial score (nSPS) is 27.0. The van der Waals surface area contributed by atoms with E-state index in [0.717, 1.165) is 15.6 Å². The molecule has 2 saturated heterocycles. The number of hydrogen-bond donors (Lipinski definition) is 0.